The van der Waals surface area contributed by atoms with Gasteiger partial charge in [-0.05, 0) is 38.3 Å². The normalized spacial score (nSPS) is 15.7. The molecule has 0 aliphatic carbocycles. The van der Waals surface area contributed by atoms with Gasteiger partial charge in [0.1, 0.15) is 17.5 Å². The van der Waals surface area contributed by atoms with Gasteiger partial charge in [-0.25, -0.2) is 15.0 Å². The lowest BCUT2D eigenvalue weighted by molar-refractivity contribution is 0.171. The van der Waals surface area contributed by atoms with Crippen LogP contribution in [0.3, 0.4) is 0 Å². The van der Waals surface area contributed by atoms with Crippen molar-refractivity contribution >= 4 is 11.6 Å². The second-order valence-electron chi connectivity index (χ2n) is 6.99. The van der Waals surface area contributed by atoms with Gasteiger partial charge in [0, 0.05) is 31.8 Å². The molecule has 0 aromatic carbocycles. The molecule has 8 heteroatoms. The molecular weight excluding hydrogens is 340 g/mol. The van der Waals surface area contributed by atoms with Crippen molar-refractivity contribution in [2.24, 2.45) is 13.0 Å². The third-order valence-corrected chi connectivity index (χ3v) is 5.02. The summed E-state index contributed by atoms with van der Waals surface area (Å²) in [4.78, 5) is 24.1. The number of nitrogens with zero attached hydrogens (tertiary/aromatic N) is 7. The van der Waals surface area contributed by atoms with E-state index in [1.54, 1.807) is 24.8 Å². The maximum Gasteiger partial charge on any atom is 0.150 e. The molecule has 3 aromatic heterocycles. The van der Waals surface area contributed by atoms with E-state index in [4.69, 9.17) is 0 Å². The van der Waals surface area contributed by atoms with Crippen molar-refractivity contribution in [1.29, 1.82) is 0 Å². The molecule has 0 spiro atoms. The lowest BCUT2D eigenvalue weighted by Crippen LogP contribution is -2.34. The Bertz CT molecular complexity index is 838. The van der Waals surface area contributed by atoms with Crippen LogP contribution in [0, 0.1) is 5.92 Å². The largest absolute Gasteiger partial charge is 0.337 e. The van der Waals surface area contributed by atoms with Crippen LogP contribution in [-0.4, -0.2) is 47.5 Å². The fraction of sp³-hybridized carbons (Fsp3) is 0.421. The number of imidazole rings is 1. The number of rotatable bonds is 6. The molecule has 140 valence electrons. The second kappa shape index (κ2) is 8.22. The summed E-state index contributed by atoms with van der Waals surface area (Å²) >= 11 is 0. The van der Waals surface area contributed by atoms with E-state index in [1.165, 1.54) is 12.8 Å². The molecule has 1 saturated heterocycles. The molecule has 0 saturated carbocycles. The molecule has 1 aliphatic rings. The van der Waals surface area contributed by atoms with Crippen LogP contribution in [0.15, 0.2) is 43.4 Å². The van der Waals surface area contributed by atoms with Crippen LogP contribution < -0.4 is 5.32 Å². The first-order valence-corrected chi connectivity index (χ1v) is 9.29. The molecule has 3 aromatic rings. The summed E-state index contributed by atoms with van der Waals surface area (Å²) in [6.45, 7) is 3.15. The van der Waals surface area contributed by atoms with E-state index in [2.05, 4.69) is 46.8 Å². The molecule has 4 rings (SSSR count). The average Bonchev–Trinajstić information content (AvgIpc) is 3.10. The van der Waals surface area contributed by atoms with Crippen LogP contribution in [0.25, 0.3) is 0 Å². The molecule has 1 N–H and O–H groups in total. The zero-order chi connectivity index (χ0) is 18.5. The molecule has 0 atom stereocenters. The maximum atomic E-state index is 4.56. The van der Waals surface area contributed by atoms with Gasteiger partial charge in [0.25, 0.3) is 0 Å². The lowest BCUT2D eigenvalue weighted by atomic mass is 9.92. The SMILES string of the molecule is Cn1ccnc1CN1CCC(Cc2cnc(Nc3cnccn3)cn2)CC1. The molecule has 0 bridgehead atoms. The van der Waals surface area contributed by atoms with Crippen molar-refractivity contribution in [2.45, 2.75) is 25.8 Å². The topological polar surface area (TPSA) is 84.7 Å². The monoisotopic (exact) mass is 364 g/mol. The van der Waals surface area contributed by atoms with Gasteiger partial charge in [-0.1, -0.05) is 0 Å². The van der Waals surface area contributed by atoms with Crippen molar-refractivity contribution in [3.05, 3.63) is 54.9 Å². The molecule has 0 amide bonds. The molecule has 8 nitrogen and oxygen atoms in total. The first kappa shape index (κ1) is 17.5. The van der Waals surface area contributed by atoms with E-state index in [0.717, 1.165) is 37.6 Å². The highest BCUT2D eigenvalue weighted by Crippen LogP contribution is 2.22. The Morgan fingerprint density at radius 3 is 2.48 bits per heavy atom. The molecule has 1 aliphatic heterocycles. The first-order chi connectivity index (χ1) is 13.3. The standard InChI is InChI=1S/C19H24N8/c1-26-9-6-22-19(26)14-27-7-2-15(3-8-27)10-16-11-24-18(13-23-16)25-17-12-20-4-5-21-17/h4-6,9,11-13,15H,2-3,7-8,10,14H2,1H3,(H,21,24,25). The maximum absolute atomic E-state index is 4.56. The van der Waals surface area contributed by atoms with Gasteiger partial charge in [0.15, 0.2) is 0 Å². The van der Waals surface area contributed by atoms with Crippen LogP contribution in [0.2, 0.25) is 0 Å². The number of nitrogens with one attached hydrogen (secondary N) is 1. The van der Waals surface area contributed by atoms with Crippen LogP contribution >= 0.6 is 0 Å². The van der Waals surface area contributed by atoms with Crippen LogP contribution in [0.4, 0.5) is 11.6 Å². The first-order valence-electron chi connectivity index (χ1n) is 9.29. The van der Waals surface area contributed by atoms with Crippen LogP contribution in [0.1, 0.15) is 24.4 Å². The highest BCUT2D eigenvalue weighted by molar-refractivity contribution is 5.48. The van der Waals surface area contributed by atoms with E-state index >= 15 is 0 Å². The lowest BCUT2D eigenvalue weighted by Gasteiger charge is -2.31. The minimum atomic E-state index is 0.663. The Morgan fingerprint density at radius 1 is 0.963 bits per heavy atom. The third-order valence-electron chi connectivity index (χ3n) is 5.02. The summed E-state index contributed by atoms with van der Waals surface area (Å²) in [6.07, 6.45) is 15.8. The molecule has 0 unspecified atom stereocenters. The summed E-state index contributed by atoms with van der Waals surface area (Å²) in [7, 11) is 2.05. The quantitative estimate of drug-likeness (QED) is 0.718. The minimum Gasteiger partial charge on any atom is -0.337 e. The van der Waals surface area contributed by atoms with Gasteiger partial charge in [-0.2, -0.15) is 0 Å². The second-order valence-corrected chi connectivity index (χ2v) is 6.99. The Morgan fingerprint density at radius 2 is 1.81 bits per heavy atom. The van der Waals surface area contributed by atoms with Crippen molar-refractivity contribution < 1.29 is 0 Å². The predicted octanol–water partition coefficient (Wildman–Crippen LogP) is 2.20. The number of likely N-dealkylation sites (tertiary alicyclic amines) is 1. The van der Waals surface area contributed by atoms with E-state index in [9.17, 15) is 0 Å². The predicted molar refractivity (Wildman–Crippen MR) is 102 cm³/mol. The zero-order valence-corrected chi connectivity index (χ0v) is 15.5. The fourth-order valence-electron chi connectivity index (χ4n) is 3.41. The van der Waals surface area contributed by atoms with Gasteiger partial charge in [0.05, 0.1) is 30.8 Å². The molecule has 27 heavy (non-hydrogen) atoms. The van der Waals surface area contributed by atoms with Gasteiger partial charge in [-0.3, -0.25) is 14.9 Å². The van der Waals surface area contributed by atoms with E-state index in [-0.39, 0.29) is 0 Å². The number of piperidine rings is 1. The summed E-state index contributed by atoms with van der Waals surface area (Å²) in [5.41, 5.74) is 1.04. The van der Waals surface area contributed by atoms with Crippen molar-refractivity contribution in [3.8, 4) is 0 Å². The third kappa shape index (κ3) is 4.65. The van der Waals surface area contributed by atoms with Crippen LogP contribution in [-0.2, 0) is 20.0 Å². The average molecular weight is 364 g/mol. The van der Waals surface area contributed by atoms with Gasteiger partial charge < -0.3 is 9.88 Å². The Labute approximate surface area is 158 Å². The summed E-state index contributed by atoms with van der Waals surface area (Å²) in [5, 5.41) is 3.10. The van der Waals surface area contributed by atoms with Gasteiger partial charge >= 0.3 is 0 Å². The highest BCUT2D eigenvalue weighted by Gasteiger charge is 2.21. The summed E-state index contributed by atoms with van der Waals surface area (Å²) < 4.78 is 2.10. The Kier molecular flexibility index (Phi) is 5.34. The van der Waals surface area contributed by atoms with Crippen molar-refractivity contribution in [2.75, 3.05) is 18.4 Å². The molecular formula is C19H24N8. The van der Waals surface area contributed by atoms with Gasteiger partial charge in [-0.15, -0.1) is 0 Å². The highest BCUT2D eigenvalue weighted by atomic mass is 15.2. The number of aromatic nitrogens is 6. The Hall–Kier alpha value is -2.87. The summed E-state index contributed by atoms with van der Waals surface area (Å²) in [5.74, 6) is 3.14. The number of hydrogen-bond acceptors (Lipinski definition) is 7. The smallest absolute Gasteiger partial charge is 0.150 e. The molecule has 1 fully saturated rings. The number of anilines is 2. The zero-order valence-electron chi connectivity index (χ0n) is 15.5. The summed E-state index contributed by atoms with van der Waals surface area (Å²) in [6, 6.07) is 0. The van der Waals surface area contributed by atoms with E-state index < -0.39 is 0 Å². The Balaban J connectivity index is 1.26. The molecule has 4 heterocycles. The van der Waals surface area contributed by atoms with Gasteiger partial charge in [0.2, 0.25) is 0 Å². The number of aryl methyl sites for hydroxylation is 1. The van der Waals surface area contributed by atoms with E-state index in [1.807, 2.05) is 18.6 Å². The van der Waals surface area contributed by atoms with E-state index in [0.29, 0.717) is 17.6 Å². The minimum absolute atomic E-state index is 0.663. The fourth-order valence-corrected chi connectivity index (χ4v) is 3.41. The van der Waals surface area contributed by atoms with Crippen molar-refractivity contribution in [3.63, 3.8) is 0 Å². The van der Waals surface area contributed by atoms with Crippen LogP contribution in [0.5, 0.6) is 0 Å². The van der Waals surface area contributed by atoms with Crippen molar-refractivity contribution in [1.82, 2.24) is 34.4 Å². The number of hydrogen-bond donors (Lipinski definition) is 1. The molecule has 0 radical (unpaired) electrons.